The van der Waals surface area contributed by atoms with Crippen LogP contribution in [0.3, 0.4) is 0 Å². The molecule has 0 bridgehead atoms. The number of carbonyl (C=O) groups is 1. The van der Waals surface area contributed by atoms with E-state index < -0.39 is 10.9 Å². The van der Waals surface area contributed by atoms with Crippen molar-refractivity contribution >= 4 is 11.7 Å². The van der Waals surface area contributed by atoms with Crippen LogP contribution in [0.4, 0.5) is 5.69 Å². The average Bonchev–Trinajstić information content (AvgIpc) is 3.00. The van der Waals surface area contributed by atoms with Gasteiger partial charge in [0.1, 0.15) is 0 Å². The van der Waals surface area contributed by atoms with Crippen LogP contribution in [0.1, 0.15) is 29.0 Å². The molecule has 0 amide bonds. The van der Waals surface area contributed by atoms with Crippen molar-refractivity contribution in [1.29, 1.82) is 0 Å². The third kappa shape index (κ3) is 3.37. The molecular formula is C13H13N3O6. The molecule has 2 aromatic rings. The number of methoxy groups -OCH3 is 1. The number of benzene rings is 1. The molecule has 22 heavy (non-hydrogen) atoms. The standard InChI is InChI=1S/C13H13N3O6/c1-3-11-14-12(22-15-11)7-21-10-5-4-8(13(17)20-2)6-9(10)16(18)19/h4-6H,3,7H2,1-2H3. The van der Waals surface area contributed by atoms with Crippen LogP contribution in [0.5, 0.6) is 5.75 Å². The number of hydrogen-bond acceptors (Lipinski definition) is 8. The van der Waals surface area contributed by atoms with E-state index in [1.165, 1.54) is 19.2 Å². The molecule has 0 saturated carbocycles. The van der Waals surface area contributed by atoms with Gasteiger partial charge in [-0.25, -0.2) is 4.79 Å². The van der Waals surface area contributed by atoms with Crippen LogP contribution in [-0.2, 0) is 17.8 Å². The molecule has 0 spiro atoms. The average molecular weight is 307 g/mol. The van der Waals surface area contributed by atoms with Crippen LogP contribution in [0.2, 0.25) is 0 Å². The van der Waals surface area contributed by atoms with Crippen LogP contribution in [0, 0.1) is 10.1 Å². The Kier molecular flexibility index (Phi) is 4.66. The van der Waals surface area contributed by atoms with Gasteiger partial charge in [0.15, 0.2) is 18.2 Å². The fourth-order valence-electron chi connectivity index (χ4n) is 1.66. The Hall–Kier alpha value is -2.97. The minimum atomic E-state index is -0.667. The molecule has 116 valence electrons. The molecule has 0 N–H and O–H groups in total. The summed E-state index contributed by atoms with van der Waals surface area (Å²) in [5.74, 6) is 0.0605. The van der Waals surface area contributed by atoms with Gasteiger partial charge in [-0.05, 0) is 12.1 Å². The number of aryl methyl sites for hydroxylation is 1. The van der Waals surface area contributed by atoms with Gasteiger partial charge in [0.05, 0.1) is 17.6 Å². The summed E-state index contributed by atoms with van der Waals surface area (Å²) in [7, 11) is 1.19. The van der Waals surface area contributed by atoms with Gasteiger partial charge in [0, 0.05) is 12.5 Å². The molecule has 0 aliphatic carbocycles. The second kappa shape index (κ2) is 6.66. The number of nitrogens with zero attached hydrogens (tertiary/aromatic N) is 3. The number of hydrogen-bond donors (Lipinski definition) is 0. The Bertz CT molecular complexity index is 697. The number of nitro benzene ring substituents is 1. The van der Waals surface area contributed by atoms with E-state index in [0.717, 1.165) is 6.07 Å². The summed E-state index contributed by atoms with van der Waals surface area (Å²) in [6.45, 7) is 1.76. The Morgan fingerprint density at radius 3 is 2.82 bits per heavy atom. The van der Waals surface area contributed by atoms with E-state index >= 15 is 0 Å². The third-order valence-electron chi connectivity index (χ3n) is 2.75. The molecule has 1 aromatic carbocycles. The molecule has 9 nitrogen and oxygen atoms in total. The maximum Gasteiger partial charge on any atom is 0.338 e. The van der Waals surface area contributed by atoms with E-state index in [2.05, 4.69) is 14.9 Å². The van der Waals surface area contributed by atoms with Crippen LogP contribution in [0.15, 0.2) is 22.7 Å². The zero-order valence-electron chi connectivity index (χ0n) is 11.9. The molecule has 0 aliphatic heterocycles. The smallest absolute Gasteiger partial charge is 0.338 e. The van der Waals surface area contributed by atoms with Crippen molar-refractivity contribution in [2.24, 2.45) is 0 Å². The summed E-state index contributed by atoms with van der Waals surface area (Å²) in [6.07, 6.45) is 0.609. The third-order valence-corrected chi connectivity index (χ3v) is 2.75. The first-order valence-corrected chi connectivity index (χ1v) is 6.36. The Morgan fingerprint density at radius 2 is 2.23 bits per heavy atom. The maximum atomic E-state index is 11.4. The SMILES string of the molecule is CCc1noc(COc2ccc(C(=O)OC)cc2[N+](=O)[O-])n1. The molecule has 0 saturated heterocycles. The number of aromatic nitrogens is 2. The van der Waals surface area contributed by atoms with Gasteiger partial charge >= 0.3 is 11.7 Å². The highest BCUT2D eigenvalue weighted by Gasteiger charge is 2.20. The van der Waals surface area contributed by atoms with Crippen LogP contribution in [-0.4, -0.2) is 28.1 Å². The first-order valence-electron chi connectivity index (χ1n) is 6.36. The minimum absolute atomic E-state index is 0.00565. The van der Waals surface area contributed by atoms with Crippen molar-refractivity contribution in [1.82, 2.24) is 10.1 Å². The minimum Gasteiger partial charge on any atom is -0.477 e. The zero-order valence-corrected chi connectivity index (χ0v) is 11.9. The van der Waals surface area contributed by atoms with Crippen LogP contribution < -0.4 is 4.74 Å². The van der Waals surface area contributed by atoms with E-state index in [-0.39, 0.29) is 29.5 Å². The number of carbonyl (C=O) groups excluding carboxylic acids is 1. The van der Waals surface area contributed by atoms with Gasteiger partial charge in [0.25, 0.3) is 5.89 Å². The van der Waals surface area contributed by atoms with Gasteiger partial charge in [-0.2, -0.15) is 4.98 Å². The molecule has 2 rings (SSSR count). The summed E-state index contributed by atoms with van der Waals surface area (Å²) in [6, 6.07) is 3.79. The lowest BCUT2D eigenvalue weighted by molar-refractivity contribution is -0.386. The lowest BCUT2D eigenvalue weighted by Crippen LogP contribution is -2.04. The van der Waals surface area contributed by atoms with Crippen LogP contribution >= 0.6 is 0 Å². The van der Waals surface area contributed by atoms with Crippen LogP contribution in [0.25, 0.3) is 0 Å². The predicted molar refractivity (Wildman–Crippen MR) is 72.4 cm³/mol. The summed E-state index contributed by atoms with van der Waals surface area (Å²) in [4.78, 5) is 25.8. The van der Waals surface area contributed by atoms with Crippen molar-refractivity contribution in [2.45, 2.75) is 20.0 Å². The Labute approximate surface area is 125 Å². The van der Waals surface area contributed by atoms with E-state index in [9.17, 15) is 14.9 Å². The van der Waals surface area contributed by atoms with Gasteiger partial charge in [-0.1, -0.05) is 12.1 Å². The van der Waals surface area contributed by atoms with E-state index in [1.807, 2.05) is 6.92 Å². The second-order valence-corrected chi connectivity index (χ2v) is 4.18. The fraction of sp³-hybridized carbons (Fsp3) is 0.308. The highest BCUT2D eigenvalue weighted by molar-refractivity contribution is 5.90. The molecule has 9 heteroatoms. The van der Waals surface area contributed by atoms with Crippen molar-refractivity contribution in [3.8, 4) is 5.75 Å². The van der Waals surface area contributed by atoms with Crippen molar-refractivity contribution in [3.63, 3.8) is 0 Å². The second-order valence-electron chi connectivity index (χ2n) is 4.18. The molecule has 1 heterocycles. The molecule has 0 radical (unpaired) electrons. The summed E-state index contributed by atoms with van der Waals surface area (Å²) < 4.78 is 14.8. The lowest BCUT2D eigenvalue weighted by Gasteiger charge is -2.05. The monoisotopic (exact) mass is 307 g/mol. The van der Waals surface area contributed by atoms with Crippen molar-refractivity contribution in [3.05, 3.63) is 45.6 Å². The van der Waals surface area contributed by atoms with Gasteiger partial charge in [-0.3, -0.25) is 10.1 Å². The molecular weight excluding hydrogens is 294 g/mol. The normalized spacial score (nSPS) is 10.3. The molecule has 0 fully saturated rings. The maximum absolute atomic E-state index is 11.4. The Balaban J connectivity index is 2.19. The summed E-state index contributed by atoms with van der Waals surface area (Å²) in [5, 5.41) is 14.8. The molecule has 0 atom stereocenters. The van der Waals surface area contributed by atoms with Gasteiger partial charge < -0.3 is 14.0 Å². The number of rotatable bonds is 6. The predicted octanol–water partition coefficient (Wildman–Crippen LogP) is 1.91. The first-order chi connectivity index (χ1) is 10.5. The summed E-state index contributed by atoms with van der Waals surface area (Å²) in [5.41, 5.74) is -0.286. The number of esters is 1. The highest BCUT2D eigenvalue weighted by atomic mass is 16.6. The van der Waals surface area contributed by atoms with Crippen molar-refractivity contribution in [2.75, 3.05) is 7.11 Å². The largest absolute Gasteiger partial charge is 0.477 e. The number of ether oxygens (including phenoxy) is 2. The molecule has 1 aromatic heterocycles. The van der Waals surface area contributed by atoms with E-state index in [0.29, 0.717) is 12.2 Å². The topological polar surface area (TPSA) is 118 Å². The van der Waals surface area contributed by atoms with Crippen molar-refractivity contribution < 1.29 is 23.7 Å². The highest BCUT2D eigenvalue weighted by Crippen LogP contribution is 2.28. The quantitative estimate of drug-likeness (QED) is 0.451. The summed E-state index contributed by atoms with van der Waals surface area (Å²) >= 11 is 0. The van der Waals surface area contributed by atoms with Gasteiger partial charge in [0.2, 0.25) is 0 Å². The lowest BCUT2D eigenvalue weighted by atomic mass is 10.2. The Morgan fingerprint density at radius 1 is 1.45 bits per heavy atom. The van der Waals surface area contributed by atoms with Gasteiger partial charge in [-0.15, -0.1) is 0 Å². The van der Waals surface area contributed by atoms with E-state index in [1.54, 1.807) is 0 Å². The first kappa shape index (κ1) is 15.4. The number of nitro groups is 1. The molecule has 0 unspecified atom stereocenters. The molecule has 0 aliphatic rings. The zero-order chi connectivity index (χ0) is 16.1. The van der Waals surface area contributed by atoms with E-state index in [4.69, 9.17) is 9.26 Å². The fourth-order valence-corrected chi connectivity index (χ4v) is 1.66.